The average Bonchev–Trinajstić information content (AvgIpc) is 3.00. The van der Waals surface area contributed by atoms with E-state index in [0.717, 1.165) is 0 Å². The molecule has 0 aromatic heterocycles. The second kappa shape index (κ2) is 8.73. The molecule has 2 aliphatic rings. The van der Waals surface area contributed by atoms with Crippen molar-refractivity contribution in [2.24, 2.45) is 11.8 Å². The summed E-state index contributed by atoms with van der Waals surface area (Å²) in [5, 5.41) is 19.6. The third-order valence-electron chi connectivity index (χ3n) is 5.03. The molecule has 1 heterocycles. The largest absolute Gasteiger partial charge is 0.472 e. The van der Waals surface area contributed by atoms with Gasteiger partial charge in [0, 0.05) is 20.1 Å². The van der Waals surface area contributed by atoms with Crippen molar-refractivity contribution < 1.29 is 42.9 Å². The van der Waals surface area contributed by atoms with Crippen molar-refractivity contribution in [3.05, 3.63) is 0 Å². The minimum Gasteiger partial charge on any atom is -0.394 e. The van der Waals surface area contributed by atoms with Gasteiger partial charge >= 0.3 is 7.82 Å². The van der Waals surface area contributed by atoms with Crippen LogP contribution in [0.15, 0.2) is 0 Å². The van der Waals surface area contributed by atoms with Crippen LogP contribution in [0.4, 0.5) is 0 Å². The number of methoxy groups -OCH3 is 2. The van der Waals surface area contributed by atoms with Crippen molar-refractivity contribution in [3.8, 4) is 0 Å². The molecule has 148 valence electrons. The smallest absolute Gasteiger partial charge is 0.394 e. The van der Waals surface area contributed by atoms with Crippen molar-refractivity contribution in [1.82, 2.24) is 0 Å². The highest BCUT2D eigenvalue weighted by Gasteiger charge is 2.48. The Morgan fingerprint density at radius 3 is 2.32 bits per heavy atom. The molecule has 9 nitrogen and oxygen atoms in total. The summed E-state index contributed by atoms with van der Waals surface area (Å²) >= 11 is 0. The Morgan fingerprint density at radius 1 is 1.16 bits per heavy atom. The first kappa shape index (κ1) is 21.2. The third-order valence-corrected chi connectivity index (χ3v) is 6.01. The number of hydrogen-bond acceptors (Lipinski definition) is 8. The first-order valence-electron chi connectivity index (χ1n) is 8.39. The molecule has 1 aliphatic carbocycles. The lowest BCUT2D eigenvalue weighted by Gasteiger charge is -2.25. The van der Waals surface area contributed by atoms with Gasteiger partial charge in [-0.05, 0) is 19.3 Å². The Morgan fingerprint density at radius 2 is 1.80 bits per heavy atom. The number of ether oxygens (including phenoxy) is 3. The molecule has 0 spiro atoms. The molecule has 10 heteroatoms. The van der Waals surface area contributed by atoms with Gasteiger partial charge in [-0.15, -0.1) is 0 Å². The summed E-state index contributed by atoms with van der Waals surface area (Å²) in [4.78, 5) is 10.0. The molecular weight excluding hydrogens is 355 g/mol. The van der Waals surface area contributed by atoms with Gasteiger partial charge in [-0.2, -0.15) is 0 Å². The van der Waals surface area contributed by atoms with E-state index in [-0.39, 0.29) is 31.2 Å². The molecule has 2 rings (SSSR count). The number of aliphatic hydroxyl groups is 2. The molecule has 25 heavy (non-hydrogen) atoms. The lowest BCUT2D eigenvalue weighted by atomic mass is 10.1. The minimum atomic E-state index is -4.42. The van der Waals surface area contributed by atoms with Crippen molar-refractivity contribution in [2.75, 3.05) is 27.4 Å². The molecule has 0 bridgehead atoms. The fraction of sp³-hybridized carbons (Fsp3) is 1.00. The van der Waals surface area contributed by atoms with Gasteiger partial charge in [0.25, 0.3) is 0 Å². The van der Waals surface area contributed by atoms with Gasteiger partial charge in [0.05, 0.1) is 31.5 Å². The predicted molar refractivity (Wildman–Crippen MR) is 86.9 cm³/mol. The standard InChI is InChI=1S/C15H29O9P/c1-8-5-10(12(17)13(8)20-3)7-22-25(18,19)24-15-11(6-16)23-9(2)14(15)21-4/h8-17H,5-7H2,1-4H3,(H,18,19)/t8-,9+,10-,11-,12?,13-,14-,15?/m1/s1. The van der Waals surface area contributed by atoms with Crippen LogP contribution in [-0.2, 0) is 27.8 Å². The monoisotopic (exact) mass is 384 g/mol. The first-order valence-corrected chi connectivity index (χ1v) is 9.89. The lowest BCUT2D eigenvalue weighted by Crippen LogP contribution is -2.37. The molecule has 1 saturated carbocycles. The summed E-state index contributed by atoms with van der Waals surface area (Å²) in [5.41, 5.74) is 0. The van der Waals surface area contributed by atoms with E-state index < -0.39 is 38.3 Å². The normalized spacial score (nSPS) is 44.1. The maximum absolute atomic E-state index is 12.3. The maximum atomic E-state index is 12.3. The van der Waals surface area contributed by atoms with Crippen molar-refractivity contribution in [2.45, 2.75) is 56.9 Å². The van der Waals surface area contributed by atoms with E-state index in [9.17, 15) is 19.7 Å². The highest BCUT2D eigenvalue weighted by Crippen LogP contribution is 2.49. The third kappa shape index (κ3) is 4.80. The second-order valence-electron chi connectivity index (χ2n) is 6.76. The van der Waals surface area contributed by atoms with Gasteiger partial charge in [0.15, 0.2) is 0 Å². The van der Waals surface area contributed by atoms with E-state index in [1.165, 1.54) is 14.2 Å². The van der Waals surface area contributed by atoms with Gasteiger partial charge in [-0.3, -0.25) is 9.05 Å². The molecule has 0 amide bonds. The van der Waals surface area contributed by atoms with Gasteiger partial charge < -0.3 is 29.3 Å². The first-order chi connectivity index (χ1) is 11.7. The van der Waals surface area contributed by atoms with Crippen molar-refractivity contribution in [1.29, 1.82) is 0 Å². The van der Waals surface area contributed by atoms with Gasteiger partial charge in [0.1, 0.15) is 18.3 Å². The van der Waals surface area contributed by atoms with Crippen molar-refractivity contribution in [3.63, 3.8) is 0 Å². The summed E-state index contributed by atoms with van der Waals surface area (Å²) < 4.78 is 38.6. The highest BCUT2D eigenvalue weighted by molar-refractivity contribution is 7.47. The van der Waals surface area contributed by atoms with E-state index in [4.69, 9.17) is 23.3 Å². The molecule has 0 radical (unpaired) electrons. The molecule has 0 aromatic carbocycles. The van der Waals surface area contributed by atoms with Gasteiger partial charge in [-0.1, -0.05) is 6.92 Å². The molecule has 1 aliphatic heterocycles. The molecular formula is C15H29O9P. The quantitative estimate of drug-likeness (QED) is 0.507. The Kier molecular flexibility index (Phi) is 7.41. The average molecular weight is 384 g/mol. The van der Waals surface area contributed by atoms with E-state index >= 15 is 0 Å². The van der Waals surface area contributed by atoms with Crippen LogP contribution in [0.2, 0.25) is 0 Å². The second-order valence-corrected chi connectivity index (χ2v) is 8.17. The number of phosphoric acid groups is 1. The summed E-state index contributed by atoms with van der Waals surface area (Å²) in [6, 6.07) is 0. The van der Waals surface area contributed by atoms with Crippen LogP contribution in [0.3, 0.4) is 0 Å². The summed E-state index contributed by atoms with van der Waals surface area (Å²) in [6.45, 7) is 3.16. The predicted octanol–water partition coefficient (Wildman–Crippen LogP) is 0.315. The number of hydrogen-bond donors (Lipinski definition) is 3. The van der Waals surface area contributed by atoms with Crippen LogP contribution < -0.4 is 0 Å². The van der Waals surface area contributed by atoms with E-state index in [1.54, 1.807) is 6.92 Å². The zero-order chi connectivity index (χ0) is 18.8. The Labute approximate surface area is 147 Å². The molecule has 0 aromatic rings. The van der Waals surface area contributed by atoms with E-state index in [0.29, 0.717) is 6.42 Å². The van der Waals surface area contributed by atoms with Crippen LogP contribution in [-0.4, -0.2) is 79.2 Å². The highest BCUT2D eigenvalue weighted by atomic mass is 31.2. The zero-order valence-corrected chi connectivity index (χ0v) is 15.9. The summed E-state index contributed by atoms with van der Waals surface area (Å²) in [5.74, 6) is -0.206. The molecule has 9 atom stereocenters. The van der Waals surface area contributed by atoms with Crippen LogP contribution >= 0.6 is 7.82 Å². The molecule has 2 fully saturated rings. The zero-order valence-electron chi connectivity index (χ0n) is 15.0. The van der Waals surface area contributed by atoms with Crippen LogP contribution in [0.1, 0.15) is 20.3 Å². The maximum Gasteiger partial charge on any atom is 0.472 e. The number of rotatable bonds is 8. The van der Waals surface area contributed by atoms with Crippen LogP contribution in [0.25, 0.3) is 0 Å². The fourth-order valence-electron chi connectivity index (χ4n) is 3.78. The molecule has 3 unspecified atom stereocenters. The van der Waals surface area contributed by atoms with Gasteiger partial charge in [0.2, 0.25) is 0 Å². The molecule has 3 N–H and O–H groups in total. The summed E-state index contributed by atoms with van der Waals surface area (Å²) in [6.07, 6.45) is -3.19. The topological polar surface area (TPSA) is 124 Å². The lowest BCUT2D eigenvalue weighted by molar-refractivity contribution is -0.0373. The fourth-order valence-corrected chi connectivity index (χ4v) is 4.78. The SMILES string of the molecule is CO[C@H]1C(O)[C@@H](COP(=O)(O)OC2[C@@H](CO)O[C@@H](C)[C@H]2OC)C[C@H]1C. The van der Waals surface area contributed by atoms with E-state index in [2.05, 4.69) is 0 Å². The Hall–Kier alpha value is -0.0900. The summed E-state index contributed by atoms with van der Waals surface area (Å²) in [7, 11) is -1.46. The Balaban J connectivity index is 1.94. The number of phosphoric ester groups is 1. The van der Waals surface area contributed by atoms with Crippen LogP contribution in [0.5, 0.6) is 0 Å². The number of aliphatic hydroxyl groups excluding tert-OH is 2. The van der Waals surface area contributed by atoms with Crippen molar-refractivity contribution >= 4 is 7.82 Å². The van der Waals surface area contributed by atoms with Crippen LogP contribution in [0, 0.1) is 11.8 Å². The Bertz CT molecular complexity index is 476. The minimum absolute atomic E-state index is 0.119. The van der Waals surface area contributed by atoms with Gasteiger partial charge in [-0.25, -0.2) is 4.57 Å². The van der Waals surface area contributed by atoms with E-state index in [1.807, 2.05) is 6.92 Å². The molecule has 1 saturated heterocycles.